The zero-order valence-corrected chi connectivity index (χ0v) is 11.4. The Bertz CT molecular complexity index is 277. The Hall–Kier alpha value is -0.610. The molecular weight excluding hydrogens is 228 g/mol. The van der Waals surface area contributed by atoms with Crippen LogP contribution in [0.3, 0.4) is 0 Å². The quantitative estimate of drug-likeness (QED) is 0.791. The van der Waals surface area contributed by atoms with Gasteiger partial charge in [-0.25, -0.2) is 0 Å². The number of rotatable bonds is 4. The maximum Gasteiger partial charge on any atom is 0.239 e. The first-order valence-electron chi connectivity index (χ1n) is 7.38. The fraction of sp³-hybridized carbons (Fsp3) is 0.929. The normalized spacial score (nSPS) is 30.4. The third-order valence-corrected chi connectivity index (χ3v) is 4.40. The topological polar surface area (TPSA) is 52.6 Å². The highest BCUT2D eigenvalue weighted by atomic mass is 16.3. The van der Waals surface area contributed by atoms with Gasteiger partial charge < -0.3 is 15.3 Å². The molecule has 1 saturated carbocycles. The van der Waals surface area contributed by atoms with Crippen LogP contribution in [0.2, 0.25) is 0 Å². The number of hydrogen-bond acceptors (Lipinski definition) is 3. The maximum atomic E-state index is 12.2. The third kappa shape index (κ3) is 3.23. The van der Waals surface area contributed by atoms with E-state index in [-0.39, 0.29) is 18.6 Å². The highest BCUT2D eigenvalue weighted by molar-refractivity contribution is 5.81. The summed E-state index contributed by atoms with van der Waals surface area (Å²) in [5.74, 6) is 0.558. The van der Waals surface area contributed by atoms with E-state index in [0.29, 0.717) is 12.0 Å². The van der Waals surface area contributed by atoms with Crippen molar-refractivity contribution in [3.05, 3.63) is 0 Å². The molecule has 0 aromatic rings. The minimum Gasteiger partial charge on any atom is -0.396 e. The largest absolute Gasteiger partial charge is 0.396 e. The summed E-state index contributed by atoms with van der Waals surface area (Å²) in [4.78, 5) is 14.2. The molecule has 1 amide bonds. The fourth-order valence-corrected chi connectivity index (χ4v) is 3.25. The van der Waals surface area contributed by atoms with E-state index < -0.39 is 0 Å². The van der Waals surface area contributed by atoms with Gasteiger partial charge in [-0.2, -0.15) is 0 Å². The van der Waals surface area contributed by atoms with Crippen LogP contribution in [0.15, 0.2) is 0 Å². The molecule has 1 aliphatic heterocycles. The molecular formula is C14H26N2O2. The molecule has 0 aromatic heterocycles. The fourth-order valence-electron chi connectivity index (χ4n) is 3.25. The molecule has 2 rings (SSSR count). The van der Waals surface area contributed by atoms with E-state index in [0.717, 1.165) is 38.8 Å². The molecule has 0 spiro atoms. The summed E-state index contributed by atoms with van der Waals surface area (Å²) < 4.78 is 0. The first-order chi connectivity index (χ1) is 8.72. The lowest BCUT2D eigenvalue weighted by atomic mass is 9.84. The van der Waals surface area contributed by atoms with Crippen LogP contribution in [-0.2, 0) is 4.79 Å². The van der Waals surface area contributed by atoms with Gasteiger partial charge in [0.1, 0.15) is 0 Å². The van der Waals surface area contributed by atoms with Crippen molar-refractivity contribution in [3.63, 3.8) is 0 Å². The van der Waals surface area contributed by atoms with Gasteiger partial charge in [0.25, 0.3) is 0 Å². The van der Waals surface area contributed by atoms with Crippen molar-refractivity contribution in [1.82, 2.24) is 10.2 Å². The van der Waals surface area contributed by atoms with Gasteiger partial charge >= 0.3 is 0 Å². The molecule has 1 aliphatic carbocycles. The lowest BCUT2D eigenvalue weighted by Gasteiger charge is -2.34. The lowest BCUT2D eigenvalue weighted by molar-refractivity contribution is -0.132. The summed E-state index contributed by atoms with van der Waals surface area (Å²) in [5.41, 5.74) is 0. The zero-order valence-electron chi connectivity index (χ0n) is 11.4. The molecule has 4 heteroatoms. The second-order valence-corrected chi connectivity index (χ2v) is 5.75. The smallest absolute Gasteiger partial charge is 0.239 e. The first kappa shape index (κ1) is 13.8. The van der Waals surface area contributed by atoms with E-state index >= 15 is 0 Å². The van der Waals surface area contributed by atoms with Crippen molar-refractivity contribution >= 4 is 5.91 Å². The Labute approximate surface area is 110 Å². The number of carbonyl (C=O) groups excluding carboxylic acids is 1. The zero-order chi connectivity index (χ0) is 13.0. The van der Waals surface area contributed by atoms with Crippen LogP contribution in [0.25, 0.3) is 0 Å². The van der Waals surface area contributed by atoms with E-state index in [9.17, 15) is 9.90 Å². The number of nitrogens with zero attached hydrogens (tertiary/aromatic N) is 1. The monoisotopic (exact) mass is 254 g/mol. The van der Waals surface area contributed by atoms with Crippen molar-refractivity contribution in [3.8, 4) is 0 Å². The summed E-state index contributed by atoms with van der Waals surface area (Å²) >= 11 is 0. The number of nitrogens with one attached hydrogen (secondary N) is 1. The van der Waals surface area contributed by atoms with E-state index in [2.05, 4.69) is 5.32 Å². The van der Waals surface area contributed by atoms with E-state index in [4.69, 9.17) is 0 Å². The molecule has 18 heavy (non-hydrogen) atoms. The van der Waals surface area contributed by atoms with Gasteiger partial charge in [0.15, 0.2) is 0 Å². The highest BCUT2D eigenvalue weighted by Gasteiger charge is 2.29. The Kier molecular flexibility index (Phi) is 5.01. The molecule has 3 atom stereocenters. The van der Waals surface area contributed by atoms with Crippen molar-refractivity contribution < 1.29 is 9.90 Å². The number of likely N-dealkylation sites (tertiary alicyclic amines) is 1. The van der Waals surface area contributed by atoms with Gasteiger partial charge in [-0.05, 0) is 38.5 Å². The van der Waals surface area contributed by atoms with Gasteiger partial charge in [-0.3, -0.25) is 4.79 Å². The molecule has 2 aliphatic rings. The SMILES string of the molecule is CC(NC1CCCCC1CO)C(=O)N1CCCC1. The number of aliphatic hydroxyl groups excluding tert-OH is 1. The standard InChI is InChI=1S/C14H26N2O2/c1-11(14(18)16-8-4-5-9-16)15-13-7-3-2-6-12(13)10-17/h11-13,15,17H,2-10H2,1H3. The third-order valence-electron chi connectivity index (χ3n) is 4.40. The Morgan fingerprint density at radius 1 is 1.28 bits per heavy atom. The maximum absolute atomic E-state index is 12.2. The van der Waals surface area contributed by atoms with Crippen LogP contribution >= 0.6 is 0 Å². The molecule has 0 bridgehead atoms. The molecule has 3 unspecified atom stereocenters. The highest BCUT2D eigenvalue weighted by Crippen LogP contribution is 2.24. The summed E-state index contributed by atoms with van der Waals surface area (Å²) in [6.07, 6.45) is 6.86. The van der Waals surface area contributed by atoms with Gasteiger partial charge in [0.2, 0.25) is 5.91 Å². The number of amides is 1. The van der Waals surface area contributed by atoms with Crippen LogP contribution in [-0.4, -0.2) is 47.7 Å². The predicted molar refractivity (Wildman–Crippen MR) is 71.2 cm³/mol. The van der Waals surface area contributed by atoms with E-state index in [1.807, 2.05) is 11.8 Å². The van der Waals surface area contributed by atoms with Crippen LogP contribution in [0.5, 0.6) is 0 Å². The molecule has 1 heterocycles. The van der Waals surface area contributed by atoms with Crippen LogP contribution in [0.1, 0.15) is 45.4 Å². The van der Waals surface area contributed by atoms with E-state index in [1.54, 1.807) is 0 Å². The van der Waals surface area contributed by atoms with Crippen molar-refractivity contribution in [2.45, 2.75) is 57.5 Å². The second kappa shape index (κ2) is 6.53. The molecule has 0 radical (unpaired) electrons. The summed E-state index contributed by atoms with van der Waals surface area (Å²) in [7, 11) is 0. The first-order valence-corrected chi connectivity index (χ1v) is 7.38. The molecule has 2 N–H and O–H groups in total. The van der Waals surface area contributed by atoms with E-state index in [1.165, 1.54) is 12.8 Å². The average Bonchev–Trinajstić information content (AvgIpc) is 2.92. The minimum absolute atomic E-state index is 0.111. The van der Waals surface area contributed by atoms with Crippen LogP contribution in [0, 0.1) is 5.92 Å². The molecule has 104 valence electrons. The molecule has 1 saturated heterocycles. The number of aliphatic hydroxyl groups is 1. The molecule has 0 aromatic carbocycles. The van der Waals surface area contributed by atoms with Crippen molar-refractivity contribution in [1.29, 1.82) is 0 Å². The molecule has 4 nitrogen and oxygen atoms in total. The summed E-state index contributed by atoms with van der Waals surface area (Å²) in [6.45, 7) is 4.03. The summed E-state index contributed by atoms with van der Waals surface area (Å²) in [6, 6.07) is 0.200. The van der Waals surface area contributed by atoms with Crippen molar-refractivity contribution in [2.75, 3.05) is 19.7 Å². The van der Waals surface area contributed by atoms with Gasteiger partial charge in [0.05, 0.1) is 6.04 Å². The molecule has 2 fully saturated rings. The van der Waals surface area contributed by atoms with Crippen LogP contribution < -0.4 is 5.32 Å². The predicted octanol–water partition coefficient (Wildman–Crippen LogP) is 1.14. The van der Waals surface area contributed by atoms with Crippen molar-refractivity contribution in [2.24, 2.45) is 5.92 Å². The van der Waals surface area contributed by atoms with Gasteiger partial charge in [0, 0.05) is 25.7 Å². The second-order valence-electron chi connectivity index (χ2n) is 5.75. The van der Waals surface area contributed by atoms with Gasteiger partial charge in [-0.1, -0.05) is 12.8 Å². The Morgan fingerprint density at radius 3 is 2.61 bits per heavy atom. The number of carbonyl (C=O) groups is 1. The Morgan fingerprint density at radius 2 is 1.94 bits per heavy atom. The summed E-state index contributed by atoms with van der Waals surface area (Å²) in [5, 5.41) is 12.8. The minimum atomic E-state index is -0.111. The Balaban J connectivity index is 1.84. The number of hydrogen-bond donors (Lipinski definition) is 2. The van der Waals surface area contributed by atoms with Crippen LogP contribution in [0.4, 0.5) is 0 Å². The lowest BCUT2D eigenvalue weighted by Crippen LogP contribution is -2.51. The van der Waals surface area contributed by atoms with Gasteiger partial charge in [-0.15, -0.1) is 0 Å². The average molecular weight is 254 g/mol.